The maximum absolute atomic E-state index is 5.83. The van der Waals surface area contributed by atoms with Crippen molar-refractivity contribution in [2.75, 3.05) is 14.2 Å². The number of rotatable bonds is 2. The minimum atomic E-state index is -0.0524. The fraction of sp³-hybridized carbons (Fsp3) is 0.294. The summed E-state index contributed by atoms with van der Waals surface area (Å²) in [7, 11) is 3.41. The van der Waals surface area contributed by atoms with Crippen LogP contribution in [0.4, 0.5) is 0 Å². The van der Waals surface area contributed by atoms with E-state index in [4.69, 9.17) is 14.2 Å². The number of hydrogen-bond acceptors (Lipinski definition) is 3. The maximum atomic E-state index is 5.83. The van der Waals surface area contributed by atoms with Crippen molar-refractivity contribution in [3.05, 3.63) is 41.2 Å². The summed E-state index contributed by atoms with van der Waals surface area (Å²) in [5, 5.41) is 2.11. The van der Waals surface area contributed by atoms with Gasteiger partial charge in [-0.05, 0) is 19.9 Å². The van der Waals surface area contributed by atoms with Crippen LogP contribution in [0.25, 0.3) is 16.8 Å². The highest BCUT2D eigenvalue weighted by Gasteiger charge is 2.27. The van der Waals surface area contributed by atoms with Crippen LogP contribution in [0.3, 0.4) is 0 Å². The summed E-state index contributed by atoms with van der Waals surface area (Å²) in [4.78, 5) is 0. The number of allylic oxidation sites excluding steroid dienone is 1. The minimum absolute atomic E-state index is 0.0524. The van der Waals surface area contributed by atoms with Gasteiger partial charge in [0.05, 0.1) is 20.0 Å². The molecule has 0 aliphatic carbocycles. The summed E-state index contributed by atoms with van der Waals surface area (Å²) in [5.41, 5.74) is 2.10. The molecule has 0 fully saturated rings. The molecular formula is C17H18O3. The van der Waals surface area contributed by atoms with Crippen molar-refractivity contribution in [3.63, 3.8) is 0 Å². The van der Waals surface area contributed by atoms with E-state index in [9.17, 15) is 0 Å². The van der Waals surface area contributed by atoms with E-state index >= 15 is 0 Å². The van der Waals surface area contributed by atoms with Gasteiger partial charge in [0.2, 0.25) is 0 Å². The number of methoxy groups -OCH3 is 2. The molecule has 3 nitrogen and oxygen atoms in total. The first-order valence-electron chi connectivity index (χ1n) is 6.69. The Hall–Kier alpha value is -2.16. The zero-order valence-corrected chi connectivity index (χ0v) is 12.2. The third-order valence-corrected chi connectivity index (χ3v) is 3.72. The standard InChI is InChI=1S/C17H18O3/c1-10-9-14-15(11(2)20-10)17(19-4)13-8-6-5-7-12(13)16(14)18-3/h5-9,11H,1-4H3. The average molecular weight is 270 g/mol. The molecule has 2 aromatic rings. The predicted octanol–water partition coefficient (Wildman–Crippen LogP) is 4.31. The number of hydrogen-bond donors (Lipinski definition) is 0. The maximum Gasteiger partial charge on any atom is 0.134 e. The summed E-state index contributed by atoms with van der Waals surface area (Å²) in [6.07, 6.45) is 1.96. The molecule has 0 spiro atoms. The van der Waals surface area contributed by atoms with E-state index in [0.717, 1.165) is 39.2 Å². The summed E-state index contributed by atoms with van der Waals surface area (Å²) >= 11 is 0. The summed E-state index contributed by atoms with van der Waals surface area (Å²) in [5.74, 6) is 2.64. The zero-order valence-electron chi connectivity index (χ0n) is 12.2. The van der Waals surface area contributed by atoms with Gasteiger partial charge < -0.3 is 14.2 Å². The number of ether oxygens (including phenoxy) is 3. The van der Waals surface area contributed by atoms with Crippen LogP contribution in [0.2, 0.25) is 0 Å². The highest BCUT2D eigenvalue weighted by Crippen LogP contribution is 2.47. The highest BCUT2D eigenvalue weighted by atomic mass is 16.5. The van der Waals surface area contributed by atoms with Crippen molar-refractivity contribution < 1.29 is 14.2 Å². The van der Waals surface area contributed by atoms with Crippen molar-refractivity contribution in [2.45, 2.75) is 20.0 Å². The van der Waals surface area contributed by atoms with Crippen molar-refractivity contribution in [3.8, 4) is 11.5 Å². The molecule has 0 bridgehead atoms. The minimum Gasteiger partial charge on any atom is -0.496 e. The molecule has 104 valence electrons. The lowest BCUT2D eigenvalue weighted by molar-refractivity contribution is 0.129. The summed E-state index contributed by atoms with van der Waals surface area (Å²) < 4.78 is 17.2. The van der Waals surface area contributed by atoms with Gasteiger partial charge in [0.25, 0.3) is 0 Å². The molecule has 0 saturated carbocycles. The van der Waals surface area contributed by atoms with E-state index < -0.39 is 0 Å². The van der Waals surface area contributed by atoms with Crippen molar-refractivity contribution in [1.82, 2.24) is 0 Å². The number of fused-ring (bicyclic) bond motifs is 2. The summed E-state index contributed by atoms with van der Waals surface area (Å²) in [6.45, 7) is 3.99. The molecule has 1 aliphatic rings. The molecule has 2 aromatic carbocycles. The van der Waals surface area contributed by atoms with Gasteiger partial charge in [0, 0.05) is 21.9 Å². The molecule has 1 unspecified atom stereocenters. The van der Waals surface area contributed by atoms with Crippen molar-refractivity contribution in [2.24, 2.45) is 0 Å². The van der Waals surface area contributed by atoms with Gasteiger partial charge >= 0.3 is 0 Å². The smallest absolute Gasteiger partial charge is 0.134 e. The lowest BCUT2D eigenvalue weighted by Crippen LogP contribution is -2.10. The molecule has 3 heteroatoms. The largest absolute Gasteiger partial charge is 0.496 e. The Morgan fingerprint density at radius 2 is 1.60 bits per heavy atom. The van der Waals surface area contributed by atoms with Crippen molar-refractivity contribution >= 4 is 16.8 Å². The quantitative estimate of drug-likeness (QED) is 0.814. The first-order valence-corrected chi connectivity index (χ1v) is 6.69. The molecule has 20 heavy (non-hydrogen) atoms. The fourth-order valence-electron chi connectivity index (χ4n) is 2.98. The van der Waals surface area contributed by atoms with Crippen LogP contribution in [-0.2, 0) is 4.74 Å². The van der Waals surface area contributed by atoms with Crippen LogP contribution < -0.4 is 9.47 Å². The van der Waals surface area contributed by atoms with E-state index in [2.05, 4.69) is 12.1 Å². The second kappa shape index (κ2) is 4.75. The van der Waals surface area contributed by atoms with Gasteiger partial charge in [-0.2, -0.15) is 0 Å². The van der Waals surface area contributed by atoms with Crippen LogP contribution in [0.15, 0.2) is 30.0 Å². The zero-order chi connectivity index (χ0) is 14.3. The predicted molar refractivity (Wildman–Crippen MR) is 80.2 cm³/mol. The Morgan fingerprint density at radius 3 is 2.20 bits per heavy atom. The lowest BCUT2D eigenvalue weighted by atomic mass is 9.93. The fourth-order valence-corrected chi connectivity index (χ4v) is 2.98. The second-order valence-electron chi connectivity index (χ2n) is 4.95. The Bertz CT molecular complexity index is 701. The van der Waals surface area contributed by atoms with Gasteiger partial charge in [-0.15, -0.1) is 0 Å². The molecule has 1 heterocycles. The molecule has 3 rings (SSSR count). The van der Waals surface area contributed by atoms with E-state index in [1.807, 2.05) is 32.1 Å². The molecule has 0 radical (unpaired) electrons. The monoisotopic (exact) mass is 270 g/mol. The van der Waals surface area contributed by atoms with Crippen LogP contribution >= 0.6 is 0 Å². The van der Waals surface area contributed by atoms with Crippen LogP contribution in [0.1, 0.15) is 31.1 Å². The van der Waals surface area contributed by atoms with Crippen LogP contribution in [-0.4, -0.2) is 14.2 Å². The van der Waals surface area contributed by atoms with E-state index in [1.54, 1.807) is 14.2 Å². The Morgan fingerprint density at radius 1 is 1.00 bits per heavy atom. The van der Waals surface area contributed by atoms with E-state index in [1.165, 1.54) is 0 Å². The van der Waals surface area contributed by atoms with Gasteiger partial charge in [0.1, 0.15) is 17.6 Å². The van der Waals surface area contributed by atoms with E-state index in [0.29, 0.717) is 0 Å². The third kappa shape index (κ3) is 1.73. The van der Waals surface area contributed by atoms with Gasteiger partial charge in [0.15, 0.2) is 0 Å². The van der Waals surface area contributed by atoms with Crippen LogP contribution in [0.5, 0.6) is 11.5 Å². The van der Waals surface area contributed by atoms with Gasteiger partial charge in [-0.25, -0.2) is 0 Å². The normalized spacial score (nSPS) is 17.2. The van der Waals surface area contributed by atoms with E-state index in [-0.39, 0.29) is 6.10 Å². The van der Waals surface area contributed by atoms with Gasteiger partial charge in [-0.1, -0.05) is 24.3 Å². The van der Waals surface area contributed by atoms with Gasteiger partial charge in [-0.3, -0.25) is 0 Å². The number of benzene rings is 2. The molecule has 0 aromatic heterocycles. The Kier molecular flexibility index (Phi) is 3.05. The third-order valence-electron chi connectivity index (χ3n) is 3.72. The lowest BCUT2D eigenvalue weighted by Gasteiger charge is -2.27. The SMILES string of the molecule is COc1c2c(c(OC)c3ccccc13)C(C)OC(C)=C2. The Labute approximate surface area is 118 Å². The van der Waals surface area contributed by atoms with Crippen LogP contribution in [0, 0.1) is 0 Å². The molecule has 1 atom stereocenters. The van der Waals surface area contributed by atoms with Crippen molar-refractivity contribution in [1.29, 1.82) is 0 Å². The average Bonchev–Trinajstić information content (AvgIpc) is 2.44. The molecule has 0 N–H and O–H groups in total. The molecule has 0 saturated heterocycles. The molecule has 1 aliphatic heterocycles. The summed E-state index contributed by atoms with van der Waals surface area (Å²) in [6, 6.07) is 8.12. The second-order valence-corrected chi connectivity index (χ2v) is 4.95. The first kappa shape index (κ1) is 12.9. The topological polar surface area (TPSA) is 27.7 Å². The molecule has 0 amide bonds. The Balaban J connectivity index is 2.49. The first-order chi connectivity index (χ1) is 9.67. The highest BCUT2D eigenvalue weighted by molar-refractivity contribution is 5.98. The molecular weight excluding hydrogens is 252 g/mol.